The lowest BCUT2D eigenvalue weighted by Gasteiger charge is -2.21. The number of likely N-dealkylation sites (N-methyl/N-ethyl adjacent to an activating group) is 1. The molecule has 0 saturated heterocycles. The number of fused-ring (bicyclic) bond motifs is 1. The summed E-state index contributed by atoms with van der Waals surface area (Å²) in [7, 11) is 0. The lowest BCUT2D eigenvalue weighted by Crippen LogP contribution is -2.41. The van der Waals surface area contributed by atoms with Crippen LogP contribution in [0.5, 0.6) is 11.5 Å². The predicted octanol–water partition coefficient (Wildman–Crippen LogP) is 3.20. The van der Waals surface area contributed by atoms with Crippen molar-refractivity contribution < 1.29 is 19.1 Å². The molecule has 0 saturated carbocycles. The first-order chi connectivity index (χ1) is 15.4. The first kappa shape index (κ1) is 23.6. The molecule has 7 heteroatoms. The summed E-state index contributed by atoms with van der Waals surface area (Å²) in [6.45, 7) is 8.77. The summed E-state index contributed by atoms with van der Waals surface area (Å²) >= 11 is 0. The third-order valence-corrected chi connectivity index (χ3v) is 5.39. The van der Waals surface area contributed by atoms with Gasteiger partial charge in [-0.25, -0.2) is 0 Å². The average Bonchev–Trinajstić information content (AvgIpc) is 2.78. The van der Waals surface area contributed by atoms with Crippen molar-refractivity contribution >= 4 is 17.5 Å². The first-order valence-corrected chi connectivity index (χ1v) is 11.2. The van der Waals surface area contributed by atoms with Crippen LogP contribution in [0.3, 0.4) is 0 Å². The van der Waals surface area contributed by atoms with Gasteiger partial charge in [0.2, 0.25) is 11.8 Å². The molecular weight excluding hydrogens is 406 g/mol. The number of anilines is 1. The molecule has 172 valence electrons. The van der Waals surface area contributed by atoms with Crippen LogP contribution < -0.4 is 20.1 Å². The van der Waals surface area contributed by atoms with E-state index in [0.29, 0.717) is 49.4 Å². The van der Waals surface area contributed by atoms with E-state index in [-0.39, 0.29) is 24.9 Å². The van der Waals surface area contributed by atoms with Crippen LogP contribution in [0.2, 0.25) is 0 Å². The first-order valence-electron chi connectivity index (χ1n) is 11.2. The van der Waals surface area contributed by atoms with E-state index in [0.717, 1.165) is 6.42 Å². The highest BCUT2D eigenvalue weighted by molar-refractivity contribution is 5.93. The molecule has 32 heavy (non-hydrogen) atoms. The summed E-state index contributed by atoms with van der Waals surface area (Å²) < 4.78 is 11.0. The van der Waals surface area contributed by atoms with Crippen LogP contribution in [-0.4, -0.2) is 56.1 Å². The summed E-state index contributed by atoms with van der Waals surface area (Å²) in [5.41, 5.74) is 3.15. The molecule has 1 aliphatic rings. The molecule has 1 aliphatic heterocycles. The van der Waals surface area contributed by atoms with Crippen molar-refractivity contribution in [2.24, 2.45) is 0 Å². The number of carbonyl (C=O) groups excluding carboxylic acids is 2. The van der Waals surface area contributed by atoms with Gasteiger partial charge in [-0.05, 0) is 42.1 Å². The van der Waals surface area contributed by atoms with Crippen molar-refractivity contribution in [3.8, 4) is 11.5 Å². The van der Waals surface area contributed by atoms with Crippen LogP contribution >= 0.6 is 0 Å². The van der Waals surface area contributed by atoms with E-state index in [4.69, 9.17) is 9.47 Å². The molecule has 0 atom stereocenters. The molecule has 1 heterocycles. The van der Waals surface area contributed by atoms with E-state index >= 15 is 0 Å². The highest BCUT2D eigenvalue weighted by Crippen LogP contribution is 2.32. The maximum atomic E-state index is 12.4. The molecule has 0 bridgehead atoms. The standard InChI is InChI=1S/C25H33N3O4/c1-4-28(16-24(29)26-12-11-19-5-7-20(8-6-19)18(2)3)17-25(30)27-21-9-10-22-23(15-21)32-14-13-31-22/h5-10,15,18H,4,11-14,16-17H2,1-3H3,(H,26,29)(H,27,30). The largest absolute Gasteiger partial charge is 0.486 e. The molecule has 0 spiro atoms. The van der Waals surface area contributed by atoms with Crippen molar-refractivity contribution in [1.29, 1.82) is 0 Å². The maximum absolute atomic E-state index is 12.4. The third-order valence-electron chi connectivity index (χ3n) is 5.39. The number of hydrogen-bond acceptors (Lipinski definition) is 5. The number of nitrogens with zero attached hydrogens (tertiary/aromatic N) is 1. The Morgan fingerprint density at radius 1 is 0.969 bits per heavy atom. The highest BCUT2D eigenvalue weighted by Gasteiger charge is 2.15. The van der Waals surface area contributed by atoms with Gasteiger partial charge in [0, 0.05) is 18.3 Å². The molecule has 2 aromatic rings. The Labute approximate surface area is 190 Å². The van der Waals surface area contributed by atoms with E-state index in [1.54, 1.807) is 23.1 Å². The van der Waals surface area contributed by atoms with Gasteiger partial charge in [-0.15, -0.1) is 0 Å². The minimum absolute atomic E-state index is 0.0854. The quantitative estimate of drug-likeness (QED) is 0.594. The van der Waals surface area contributed by atoms with Crippen LogP contribution in [0, 0.1) is 0 Å². The predicted molar refractivity (Wildman–Crippen MR) is 125 cm³/mol. The molecule has 2 aromatic carbocycles. The Morgan fingerprint density at radius 3 is 2.34 bits per heavy atom. The van der Waals surface area contributed by atoms with Crippen LogP contribution in [0.4, 0.5) is 5.69 Å². The van der Waals surface area contributed by atoms with Crippen LogP contribution in [0.1, 0.15) is 37.8 Å². The van der Waals surface area contributed by atoms with Crippen LogP contribution in [0.25, 0.3) is 0 Å². The third kappa shape index (κ3) is 6.99. The lowest BCUT2D eigenvalue weighted by atomic mass is 10.0. The van der Waals surface area contributed by atoms with Gasteiger partial charge in [0.15, 0.2) is 11.5 Å². The molecule has 0 radical (unpaired) electrons. The maximum Gasteiger partial charge on any atom is 0.238 e. The number of carbonyl (C=O) groups is 2. The molecule has 2 amide bonds. The fourth-order valence-corrected chi connectivity index (χ4v) is 3.48. The number of nitrogens with one attached hydrogen (secondary N) is 2. The second kappa shape index (κ2) is 11.5. The zero-order chi connectivity index (χ0) is 22.9. The normalized spacial score (nSPS) is 12.7. The number of amides is 2. The topological polar surface area (TPSA) is 79.9 Å². The van der Waals surface area contributed by atoms with Crippen molar-refractivity contribution in [2.75, 3.05) is 44.7 Å². The van der Waals surface area contributed by atoms with E-state index < -0.39 is 0 Å². The number of ether oxygens (including phenoxy) is 2. The van der Waals surface area contributed by atoms with Gasteiger partial charge in [0.25, 0.3) is 0 Å². The van der Waals surface area contributed by atoms with Gasteiger partial charge >= 0.3 is 0 Å². The monoisotopic (exact) mass is 439 g/mol. The second-order valence-electron chi connectivity index (χ2n) is 8.21. The van der Waals surface area contributed by atoms with E-state index in [2.05, 4.69) is 48.7 Å². The molecule has 7 nitrogen and oxygen atoms in total. The summed E-state index contributed by atoms with van der Waals surface area (Å²) in [5, 5.41) is 5.81. The Bertz CT molecular complexity index is 912. The molecule has 0 aromatic heterocycles. The fourth-order valence-electron chi connectivity index (χ4n) is 3.48. The Balaban J connectivity index is 1.41. The van der Waals surface area contributed by atoms with Crippen molar-refractivity contribution in [1.82, 2.24) is 10.2 Å². The molecule has 0 aliphatic carbocycles. The smallest absolute Gasteiger partial charge is 0.238 e. The molecular formula is C25H33N3O4. The van der Waals surface area contributed by atoms with Gasteiger partial charge in [0.05, 0.1) is 13.1 Å². The summed E-state index contributed by atoms with van der Waals surface area (Å²) in [6.07, 6.45) is 0.779. The van der Waals surface area contributed by atoms with E-state index in [1.807, 2.05) is 6.92 Å². The highest BCUT2D eigenvalue weighted by atomic mass is 16.6. The zero-order valence-corrected chi connectivity index (χ0v) is 19.1. The van der Waals surface area contributed by atoms with Crippen molar-refractivity contribution in [3.05, 3.63) is 53.6 Å². The number of rotatable bonds is 10. The van der Waals surface area contributed by atoms with E-state index in [1.165, 1.54) is 11.1 Å². The van der Waals surface area contributed by atoms with Gasteiger partial charge in [-0.2, -0.15) is 0 Å². The lowest BCUT2D eigenvalue weighted by molar-refractivity contribution is -0.123. The van der Waals surface area contributed by atoms with Crippen molar-refractivity contribution in [2.45, 2.75) is 33.1 Å². The molecule has 0 unspecified atom stereocenters. The minimum Gasteiger partial charge on any atom is -0.486 e. The molecule has 2 N–H and O–H groups in total. The fraction of sp³-hybridized carbons (Fsp3) is 0.440. The van der Waals surface area contributed by atoms with Gasteiger partial charge in [0.1, 0.15) is 13.2 Å². The average molecular weight is 440 g/mol. The van der Waals surface area contributed by atoms with Gasteiger partial charge < -0.3 is 20.1 Å². The minimum atomic E-state index is -0.179. The van der Waals surface area contributed by atoms with Crippen molar-refractivity contribution in [3.63, 3.8) is 0 Å². The summed E-state index contributed by atoms with van der Waals surface area (Å²) in [6, 6.07) is 13.8. The number of benzene rings is 2. The Morgan fingerprint density at radius 2 is 1.66 bits per heavy atom. The zero-order valence-electron chi connectivity index (χ0n) is 19.1. The Hall–Kier alpha value is -3.06. The second-order valence-corrected chi connectivity index (χ2v) is 8.21. The van der Waals surface area contributed by atoms with Gasteiger partial charge in [-0.1, -0.05) is 45.0 Å². The molecule has 3 rings (SSSR count). The van der Waals surface area contributed by atoms with Crippen LogP contribution in [-0.2, 0) is 16.0 Å². The van der Waals surface area contributed by atoms with E-state index in [9.17, 15) is 9.59 Å². The van der Waals surface area contributed by atoms with Crippen LogP contribution in [0.15, 0.2) is 42.5 Å². The SMILES string of the molecule is CCN(CC(=O)NCCc1ccc(C(C)C)cc1)CC(=O)Nc1ccc2c(c1)OCCO2. The van der Waals surface area contributed by atoms with Gasteiger partial charge in [-0.3, -0.25) is 14.5 Å². The Kier molecular flexibility index (Phi) is 8.50. The number of hydrogen-bond donors (Lipinski definition) is 2. The molecule has 0 fully saturated rings. The summed E-state index contributed by atoms with van der Waals surface area (Å²) in [4.78, 5) is 26.6. The summed E-state index contributed by atoms with van der Waals surface area (Å²) in [5.74, 6) is 1.55.